The summed E-state index contributed by atoms with van der Waals surface area (Å²) in [5, 5.41) is 4.99. The van der Waals surface area contributed by atoms with Gasteiger partial charge in [-0.3, -0.25) is 0 Å². The summed E-state index contributed by atoms with van der Waals surface area (Å²) in [5.74, 6) is 0. The second kappa shape index (κ2) is 6.94. The van der Waals surface area contributed by atoms with Crippen molar-refractivity contribution in [1.82, 2.24) is 0 Å². The normalized spacial score (nSPS) is 12.0. The number of hydrogen-bond donors (Lipinski definition) is 0. The number of rotatable bonds is 2. The van der Waals surface area contributed by atoms with Crippen LogP contribution in [-0.4, -0.2) is 0 Å². The van der Waals surface area contributed by atoms with Crippen molar-refractivity contribution >= 4 is 32.7 Å². The summed E-state index contributed by atoms with van der Waals surface area (Å²) in [6.45, 7) is 0. The molecule has 1 heterocycles. The molecule has 6 aromatic carbocycles. The zero-order valence-electron chi connectivity index (χ0n) is 19.0. The van der Waals surface area contributed by atoms with Gasteiger partial charge in [-0.1, -0.05) is 91.0 Å². The van der Waals surface area contributed by atoms with Gasteiger partial charge >= 0.3 is 0 Å². The number of fused-ring (bicyclic) bond motifs is 6. The van der Waals surface area contributed by atoms with Crippen LogP contribution in [0.4, 0.5) is 0 Å². The Morgan fingerprint density at radius 1 is 0.371 bits per heavy atom. The number of furan rings is 1. The fraction of sp³-hybridized carbons (Fsp3) is 0. The maximum Gasteiger partial charge on any atom is 0.135 e. The minimum Gasteiger partial charge on any atom is -0.456 e. The smallest absolute Gasteiger partial charge is 0.135 e. The molecule has 0 unspecified atom stereocenters. The first-order valence-electron chi connectivity index (χ1n) is 12.0. The molecule has 0 radical (unpaired) electrons. The van der Waals surface area contributed by atoms with Crippen LogP contribution in [0.2, 0.25) is 0 Å². The zero-order chi connectivity index (χ0) is 22.9. The van der Waals surface area contributed by atoms with Crippen molar-refractivity contribution < 1.29 is 4.42 Å². The number of benzene rings is 6. The average molecular weight is 445 g/mol. The molecule has 0 atom stereocenters. The van der Waals surface area contributed by atoms with Gasteiger partial charge in [-0.2, -0.15) is 0 Å². The van der Waals surface area contributed by atoms with Gasteiger partial charge < -0.3 is 4.42 Å². The van der Waals surface area contributed by atoms with Crippen LogP contribution in [-0.2, 0) is 0 Å². The van der Waals surface area contributed by atoms with E-state index >= 15 is 0 Å². The Kier molecular flexibility index (Phi) is 3.72. The summed E-state index contributed by atoms with van der Waals surface area (Å²) in [7, 11) is 0. The molecule has 0 saturated carbocycles. The van der Waals surface area contributed by atoms with Crippen LogP contribution in [0.25, 0.3) is 77.2 Å². The van der Waals surface area contributed by atoms with E-state index in [1.807, 2.05) is 12.1 Å². The van der Waals surface area contributed by atoms with Crippen LogP contribution in [0.3, 0.4) is 0 Å². The van der Waals surface area contributed by atoms with E-state index in [1.165, 1.54) is 55.3 Å². The van der Waals surface area contributed by atoms with E-state index in [-0.39, 0.29) is 0 Å². The van der Waals surface area contributed by atoms with Gasteiger partial charge in [0, 0.05) is 10.8 Å². The molecule has 0 bridgehead atoms. The summed E-state index contributed by atoms with van der Waals surface area (Å²) >= 11 is 0. The molecule has 0 fully saturated rings. The predicted molar refractivity (Wildman–Crippen MR) is 147 cm³/mol. The molecule has 7 aromatic rings. The van der Waals surface area contributed by atoms with E-state index in [1.54, 1.807) is 0 Å². The Morgan fingerprint density at radius 2 is 1.03 bits per heavy atom. The van der Waals surface area contributed by atoms with Gasteiger partial charge in [-0.25, -0.2) is 0 Å². The van der Waals surface area contributed by atoms with Crippen molar-refractivity contribution in [3.8, 4) is 44.5 Å². The second-order valence-corrected chi connectivity index (χ2v) is 9.36. The molecular weight excluding hydrogens is 424 g/mol. The first kappa shape index (κ1) is 18.8. The van der Waals surface area contributed by atoms with Crippen LogP contribution in [0.15, 0.2) is 126 Å². The summed E-state index contributed by atoms with van der Waals surface area (Å²) in [4.78, 5) is 0. The molecule has 1 nitrogen and oxygen atoms in total. The summed E-state index contributed by atoms with van der Waals surface area (Å²) < 4.78 is 6.01. The minimum atomic E-state index is 0.931. The molecule has 8 rings (SSSR count). The molecule has 162 valence electrons. The maximum absolute atomic E-state index is 6.01. The lowest BCUT2D eigenvalue weighted by Crippen LogP contribution is -1.83. The zero-order valence-corrected chi connectivity index (χ0v) is 19.0. The third-order valence-corrected chi connectivity index (χ3v) is 7.41. The summed E-state index contributed by atoms with van der Waals surface area (Å²) in [6.07, 6.45) is 0. The fourth-order valence-corrected chi connectivity index (χ4v) is 5.75. The van der Waals surface area contributed by atoms with Crippen LogP contribution in [0.5, 0.6) is 0 Å². The standard InChI is InChI=1S/C34H20O/c1-2-8-27-26(7-1)29-10-5-6-24-18-25(20-31(27)34(24)29)22-14-12-21(13-15-22)23-16-17-33-30(19-23)28-9-3-4-11-32(28)35-33/h1-20H. The molecule has 1 aliphatic rings. The monoisotopic (exact) mass is 444 g/mol. The molecule has 0 amide bonds. The molecule has 1 heteroatoms. The molecule has 0 saturated heterocycles. The third-order valence-electron chi connectivity index (χ3n) is 7.41. The highest BCUT2D eigenvalue weighted by atomic mass is 16.3. The highest BCUT2D eigenvalue weighted by Gasteiger charge is 2.21. The molecule has 0 aliphatic heterocycles. The lowest BCUT2D eigenvalue weighted by atomic mass is 9.94. The highest BCUT2D eigenvalue weighted by molar-refractivity contribution is 6.16. The topological polar surface area (TPSA) is 13.1 Å². The molecule has 0 N–H and O–H groups in total. The van der Waals surface area contributed by atoms with E-state index in [2.05, 4.69) is 109 Å². The van der Waals surface area contributed by atoms with E-state index < -0.39 is 0 Å². The Morgan fingerprint density at radius 3 is 1.89 bits per heavy atom. The minimum absolute atomic E-state index is 0.931. The van der Waals surface area contributed by atoms with Crippen molar-refractivity contribution in [3.63, 3.8) is 0 Å². The SMILES string of the molecule is c1ccc2c(c1)-c1cccc3cc(-c4ccc(-c5ccc6oc7ccccc7c6c5)cc4)cc-2c13. The second-order valence-electron chi connectivity index (χ2n) is 9.36. The van der Waals surface area contributed by atoms with Gasteiger partial charge in [0.2, 0.25) is 0 Å². The molecule has 35 heavy (non-hydrogen) atoms. The third kappa shape index (κ3) is 2.70. The van der Waals surface area contributed by atoms with Crippen molar-refractivity contribution in [1.29, 1.82) is 0 Å². The first-order chi connectivity index (χ1) is 17.3. The van der Waals surface area contributed by atoms with Gasteiger partial charge in [-0.05, 0) is 85.6 Å². The van der Waals surface area contributed by atoms with Crippen molar-refractivity contribution in [3.05, 3.63) is 121 Å². The molecule has 1 aliphatic carbocycles. The van der Waals surface area contributed by atoms with Crippen molar-refractivity contribution in [2.24, 2.45) is 0 Å². The largest absolute Gasteiger partial charge is 0.456 e. The lowest BCUT2D eigenvalue weighted by Gasteiger charge is -2.09. The Hall–Kier alpha value is -4.62. The lowest BCUT2D eigenvalue weighted by molar-refractivity contribution is 0.669. The van der Waals surface area contributed by atoms with Crippen molar-refractivity contribution in [2.75, 3.05) is 0 Å². The molecule has 0 spiro atoms. The first-order valence-corrected chi connectivity index (χ1v) is 12.0. The van der Waals surface area contributed by atoms with Crippen LogP contribution in [0.1, 0.15) is 0 Å². The van der Waals surface area contributed by atoms with E-state index in [4.69, 9.17) is 4.42 Å². The van der Waals surface area contributed by atoms with E-state index in [0.717, 1.165) is 21.9 Å². The van der Waals surface area contributed by atoms with Gasteiger partial charge in [-0.15, -0.1) is 0 Å². The van der Waals surface area contributed by atoms with Crippen molar-refractivity contribution in [2.45, 2.75) is 0 Å². The Balaban J connectivity index is 1.23. The number of para-hydroxylation sites is 1. The van der Waals surface area contributed by atoms with E-state index in [9.17, 15) is 0 Å². The highest BCUT2D eigenvalue weighted by Crippen LogP contribution is 2.48. The predicted octanol–water partition coefficient (Wildman–Crippen LogP) is 9.72. The summed E-state index contributed by atoms with van der Waals surface area (Å²) in [6, 6.07) is 43.7. The van der Waals surface area contributed by atoms with Crippen LogP contribution < -0.4 is 0 Å². The van der Waals surface area contributed by atoms with Gasteiger partial charge in [0.25, 0.3) is 0 Å². The van der Waals surface area contributed by atoms with Gasteiger partial charge in [0.05, 0.1) is 0 Å². The Bertz CT molecular complexity index is 1940. The molecule has 1 aromatic heterocycles. The fourth-order valence-electron chi connectivity index (χ4n) is 5.75. The van der Waals surface area contributed by atoms with Crippen LogP contribution in [0, 0.1) is 0 Å². The average Bonchev–Trinajstić information content (AvgIpc) is 3.45. The van der Waals surface area contributed by atoms with Crippen LogP contribution >= 0.6 is 0 Å². The number of hydrogen-bond acceptors (Lipinski definition) is 1. The molecular formula is C34H20O. The maximum atomic E-state index is 6.01. The quantitative estimate of drug-likeness (QED) is 0.259. The Labute approximate surface area is 202 Å². The van der Waals surface area contributed by atoms with Gasteiger partial charge in [0.1, 0.15) is 11.2 Å². The van der Waals surface area contributed by atoms with E-state index in [0.29, 0.717) is 0 Å². The van der Waals surface area contributed by atoms with Gasteiger partial charge in [0.15, 0.2) is 0 Å². The summed E-state index contributed by atoms with van der Waals surface area (Å²) in [5.41, 5.74) is 12.1.